The third-order valence-corrected chi connectivity index (χ3v) is 6.31. The maximum Gasteiger partial charge on any atom is 0.266 e. The zero-order valence-corrected chi connectivity index (χ0v) is 16.3. The molecule has 3 aromatic rings. The lowest BCUT2D eigenvalue weighted by Gasteiger charge is -2.09. The van der Waals surface area contributed by atoms with E-state index in [1.54, 1.807) is 6.07 Å². The highest BCUT2D eigenvalue weighted by atomic mass is 32.2. The summed E-state index contributed by atoms with van der Waals surface area (Å²) < 4.78 is 40.9. The van der Waals surface area contributed by atoms with Crippen LogP contribution >= 0.6 is 11.3 Å². The van der Waals surface area contributed by atoms with Gasteiger partial charge in [0.05, 0.1) is 27.0 Å². The van der Waals surface area contributed by atoms with Gasteiger partial charge in [-0.2, -0.15) is 5.10 Å². The average molecular weight is 408 g/mol. The second-order valence-corrected chi connectivity index (χ2v) is 8.75. The van der Waals surface area contributed by atoms with Crippen LogP contribution < -0.4 is 10.3 Å². The van der Waals surface area contributed by atoms with Crippen LogP contribution in [0.2, 0.25) is 0 Å². The van der Waals surface area contributed by atoms with E-state index in [1.807, 2.05) is 13.8 Å². The summed E-state index contributed by atoms with van der Waals surface area (Å²) in [5, 5.41) is 5.21. The lowest BCUT2D eigenvalue weighted by molar-refractivity contribution is 0.548. The number of nitrogens with zero attached hydrogens (tertiary/aromatic N) is 3. The Morgan fingerprint density at radius 3 is 2.48 bits per heavy atom. The van der Waals surface area contributed by atoms with Gasteiger partial charge in [0, 0.05) is 12.6 Å². The molecule has 0 amide bonds. The van der Waals surface area contributed by atoms with Gasteiger partial charge in [-0.3, -0.25) is 4.79 Å². The molecule has 0 bridgehead atoms. The van der Waals surface area contributed by atoms with Crippen molar-refractivity contribution in [3.63, 3.8) is 0 Å². The van der Waals surface area contributed by atoms with Gasteiger partial charge in [0.2, 0.25) is 10.0 Å². The number of aryl methyl sites for hydroxylation is 2. The van der Waals surface area contributed by atoms with Crippen molar-refractivity contribution >= 4 is 21.4 Å². The quantitative estimate of drug-likeness (QED) is 0.674. The van der Waals surface area contributed by atoms with Gasteiger partial charge in [0.15, 0.2) is 0 Å². The molecule has 0 fully saturated rings. The minimum Gasteiger partial charge on any atom is -0.268 e. The van der Waals surface area contributed by atoms with Crippen LogP contribution in [-0.4, -0.2) is 29.7 Å². The molecule has 0 saturated carbocycles. The molecule has 1 N–H and O–H groups in total. The first-order valence-corrected chi connectivity index (χ1v) is 10.3. The van der Waals surface area contributed by atoms with Crippen LogP contribution in [0.5, 0.6) is 0 Å². The first-order chi connectivity index (χ1) is 12.8. The first kappa shape index (κ1) is 19.3. The number of rotatable bonds is 6. The number of benzene rings is 1. The maximum absolute atomic E-state index is 12.9. The zero-order chi connectivity index (χ0) is 19.6. The van der Waals surface area contributed by atoms with Crippen LogP contribution in [0.25, 0.3) is 10.6 Å². The van der Waals surface area contributed by atoms with Crippen molar-refractivity contribution in [1.82, 2.24) is 19.5 Å². The Morgan fingerprint density at radius 1 is 1.15 bits per heavy atom. The van der Waals surface area contributed by atoms with Gasteiger partial charge in [-0.05, 0) is 44.2 Å². The Labute approximate surface area is 159 Å². The van der Waals surface area contributed by atoms with Crippen molar-refractivity contribution in [2.45, 2.75) is 25.3 Å². The molecule has 0 aliphatic rings. The fourth-order valence-electron chi connectivity index (χ4n) is 2.48. The number of nitrogens with one attached hydrogen (secondary N) is 1. The monoisotopic (exact) mass is 408 g/mol. The molecule has 2 heterocycles. The maximum atomic E-state index is 12.9. The van der Waals surface area contributed by atoms with Crippen LogP contribution in [0.15, 0.2) is 46.1 Å². The van der Waals surface area contributed by atoms with Crippen molar-refractivity contribution in [1.29, 1.82) is 0 Å². The Balaban J connectivity index is 1.74. The molecule has 0 radical (unpaired) electrons. The Hall–Kier alpha value is -2.43. The minimum atomic E-state index is -3.79. The summed E-state index contributed by atoms with van der Waals surface area (Å²) in [7, 11) is -3.79. The molecule has 0 aliphatic carbocycles. The normalized spacial score (nSPS) is 11.7. The summed E-state index contributed by atoms with van der Waals surface area (Å²) in [5.74, 6) is -0.518. The van der Waals surface area contributed by atoms with Crippen LogP contribution in [0.3, 0.4) is 0 Å². The summed E-state index contributed by atoms with van der Waals surface area (Å²) in [6, 6.07) is 7.52. The number of hydrogen-bond donors (Lipinski definition) is 1. The largest absolute Gasteiger partial charge is 0.268 e. The summed E-state index contributed by atoms with van der Waals surface area (Å²) in [4.78, 5) is 17.2. The summed E-state index contributed by atoms with van der Waals surface area (Å²) in [5.41, 5.74) is 1.10. The number of thiazole rings is 1. The van der Waals surface area contributed by atoms with E-state index in [2.05, 4.69) is 14.8 Å². The van der Waals surface area contributed by atoms with E-state index in [0.717, 1.165) is 27.7 Å². The zero-order valence-electron chi connectivity index (χ0n) is 14.6. The van der Waals surface area contributed by atoms with Crippen molar-refractivity contribution in [3.8, 4) is 10.6 Å². The van der Waals surface area contributed by atoms with Gasteiger partial charge in [0.1, 0.15) is 11.5 Å². The highest BCUT2D eigenvalue weighted by Gasteiger charge is 2.14. The standard InChI is InChI=1S/C17H17FN4O3S2/c1-11-17(26-12(2)20-11)15-7-8-16(23)22(21-15)10-9-19-27(24,25)14-5-3-13(18)4-6-14/h3-8,19H,9-10H2,1-2H3. The van der Waals surface area contributed by atoms with Gasteiger partial charge in [-0.25, -0.2) is 27.2 Å². The van der Waals surface area contributed by atoms with E-state index in [-0.39, 0.29) is 23.5 Å². The van der Waals surface area contributed by atoms with Crippen LogP contribution in [-0.2, 0) is 16.6 Å². The lowest BCUT2D eigenvalue weighted by Crippen LogP contribution is -2.32. The molecule has 3 rings (SSSR count). The molecule has 0 unspecified atom stereocenters. The minimum absolute atomic E-state index is 0.0310. The molecule has 142 valence electrons. The molecular weight excluding hydrogens is 391 g/mol. The van der Waals surface area contributed by atoms with Crippen molar-refractivity contribution in [3.05, 3.63) is 63.3 Å². The summed E-state index contributed by atoms with van der Waals surface area (Å²) in [6.07, 6.45) is 0. The smallest absolute Gasteiger partial charge is 0.266 e. The molecule has 1 aromatic carbocycles. The molecule has 10 heteroatoms. The lowest BCUT2D eigenvalue weighted by atomic mass is 10.3. The molecule has 0 saturated heterocycles. The Kier molecular flexibility index (Phi) is 5.49. The van der Waals surface area contributed by atoms with Crippen LogP contribution in [0.1, 0.15) is 10.7 Å². The first-order valence-electron chi connectivity index (χ1n) is 8.04. The third-order valence-electron chi connectivity index (χ3n) is 3.74. The molecule has 2 aromatic heterocycles. The van der Waals surface area contributed by atoms with E-state index in [4.69, 9.17) is 0 Å². The predicted octanol–water partition coefficient (Wildman–Crippen LogP) is 2.10. The number of aromatic nitrogens is 3. The van der Waals surface area contributed by atoms with Crippen LogP contribution in [0.4, 0.5) is 4.39 Å². The number of hydrogen-bond acceptors (Lipinski definition) is 6. The summed E-state index contributed by atoms with van der Waals surface area (Å²) >= 11 is 1.48. The van der Waals surface area contributed by atoms with Crippen molar-refractivity contribution in [2.24, 2.45) is 0 Å². The number of halogens is 1. The Bertz CT molecular complexity index is 1120. The topological polar surface area (TPSA) is 94.0 Å². The van der Waals surface area contributed by atoms with E-state index < -0.39 is 15.8 Å². The molecule has 0 aliphatic heterocycles. The van der Waals surface area contributed by atoms with Crippen LogP contribution in [0, 0.1) is 19.7 Å². The molecule has 27 heavy (non-hydrogen) atoms. The van der Waals surface area contributed by atoms with Crippen molar-refractivity contribution in [2.75, 3.05) is 6.54 Å². The van der Waals surface area contributed by atoms with E-state index in [1.165, 1.54) is 34.2 Å². The highest BCUT2D eigenvalue weighted by Crippen LogP contribution is 2.27. The molecule has 7 nitrogen and oxygen atoms in total. The van der Waals surface area contributed by atoms with Gasteiger partial charge >= 0.3 is 0 Å². The molecule has 0 atom stereocenters. The second-order valence-electron chi connectivity index (χ2n) is 5.78. The van der Waals surface area contributed by atoms with E-state index in [0.29, 0.717) is 5.69 Å². The van der Waals surface area contributed by atoms with E-state index >= 15 is 0 Å². The second kappa shape index (κ2) is 7.67. The third kappa shape index (κ3) is 4.46. The van der Waals surface area contributed by atoms with Gasteiger partial charge in [-0.15, -0.1) is 11.3 Å². The fraction of sp³-hybridized carbons (Fsp3) is 0.235. The Morgan fingerprint density at radius 2 is 1.85 bits per heavy atom. The SMILES string of the molecule is Cc1nc(C)c(-c2ccc(=O)n(CCNS(=O)(=O)c3ccc(F)cc3)n2)s1. The van der Waals surface area contributed by atoms with Crippen molar-refractivity contribution < 1.29 is 12.8 Å². The van der Waals surface area contributed by atoms with E-state index in [9.17, 15) is 17.6 Å². The van der Waals surface area contributed by atoms with Gasteiger partial charge in [0.25, 0.3) is 5.56 Å². The van der Waals surface area contributed by atoms with Gasteiger partial charge in [-0.1, -0.05) is 0 Å². The predicted molar refractivity (Wildman–Crippen MR) is 101 cm³/mol. The number of sulfonamides is 1. The fourth-order valence-corrected chi connectivity index (χ4v) is 4.39. The average Bonchev–Trinajstić information content (AvgIpc) is 2.95. The molecule has 0 spiro atoms. The highest BCUT2D eigenvalue weighted by molar-refractivity contribution is 7.89. The van der Waals surface area contributed by atoms with Gasteiger partial charge < -0.3 is 0 Å². The summed E-state index contributed by atoms with van der Waals surface area (Å²) in [6.45, 7) is 3.79. The molecular formula is C17H17FN4O3S2.